The van der Waals surface area contributed by atoms with Gasteiger partial charge in [-0.2, -0.15) is 0 Å². The molecule has 106 valence electrons. The van der Waals surface area contributed by atoms with Crippen LogP contribution in [0.4, 0.5) is 8.78 Å². The predicted molar refractivity (Wildman–Crippen MR) is 75.0 cm³/mol. The smallest absolute Gasteiger partial charge is 0.165 e. The largest absolute Gasteiger partial charge is 0.454 e. The maximum absolute atomic E-state index is 13.7. The van der Waals surface area contributed by atoms with Crippen LogP contribution in [0.3, 0.4) is 0 Å². The normalized spacial score (nSPS) is 12.2. The lowest BCUT2D eigenvalue weighted by Crippen LogP contribution is -2.18. The van der Waals surface area contributed by atoms with E-state index in [0.717, 1.165) is 5.56 Å². The van der Waals surface area contributed by atoms with Crippen LogP contribution in [0, 0.1) is 18.6 Å². The molecule has 4 heteroatoms. The molecule has 2 N–H and O–H groups in total. The summed E-state index contributed by atoms with van der Waals surface area (Å²) in [6, 6.07) is 8.62. The fourth-order valence-electron chi connectivity index (χ4n) is 1.96. The third-order valence-corrected chi connectivity index (χ3v) is 2.87. The van der Waals surface area contributed by atoms with E-state index in [9.17, 15) is 8.78 Å². The summed E-state index contributed by atoms with van der Waals surface area (Å²) in [7, 11) is 0. The van der Waals surface area contributed by atoms with E-state index in [4.69, 9.17) is 10.5 Å². The highest BCUT2D eigenvalue weighted by Crippen LogP contribution is 2.29. The average molecular weight is 277 g/mol. The topological polar surface area (TPSA) is 35.2 Å². The van der Waals surface area contributed by atoms with Gasteiger partial charge in [0, 0.05) is 6.04 Å². The Morgan fingerprint density at radius 3 is 2.55 bits per heavy atom. The highest BCUT2D eigenvalue weighted by atomic mass is 19.1. The number of hydrogen-bond donors (Lipinski definition) is 1. The summed E-state index contributed by atoms with van der Waals surface area (Å²) in [6.07, 6.45) is 0.459. The predicted octanol–water partition coefficient (Wildman–Crippen LogP) is 3.96. The van der Waals surface area contributed by atoms with Gasteiger partial charge in [0.05, 0.1) is 0 Å². The number of nitrogens with two attached hydrogens (primary N) is 1. The summed E-state index contributed by atoms with van der Waals surface area (Å²) in [4.78, 5) is 0. The lowest BCUT2D eigenvalue weighted by Gasteiger charge is -2.14. The van der Waals surface area contributed by atoms with Crippen molar-refractivity contribution in [1.29, 1.82) is 0 Å². The Labute approximate surface area is 117 Å². The van der Waals surface area contributed by atoms with Gasteiger partial charge in [-0.3, -0.25) is 0 Å². The number of hydrogen-bond acceptors (Lipinski definition) is 2. The van der Waals surface area contributed by atoms with Gasteiger partial charge < -0.3 is 10.5 Å². The van der Waals surface area contributed by atoms with Crippen LogP contribution >= 0.6 is 0 Å². The zero-order valence-electron chi connectivity index (χ0n) is 11.5. The van der Waals surface area contributed by atoms with Crippen LogP contribution in [0.1, 0.15) is 18.1 Å². The molecule has 0 saturated heterocycles. The van der Waals surface area contributed by atoms with Crippen molar-refractivity contribution in [3.8, 4) is 11.5 Å². The Morgan fingerprint density at radius 2 is 1.85 bits per heavy atom. The molecule has 0 bridgehead atoms. The van der Waals surface area contributed by atoms with E-state index < -0.39 is 5.82 Å². The summed E-state index contributed by atoms with van der Waals surface area (Å²) in [6.45, 7) is 3.67. The Bertz CT molecular complexity index is 611. The molecule has 20 heavy (non-hydrogen) atoms. The molecule has 2 rings (SSSR count). The van der Waals surface area contributed by atoms with Gasteiger partial charge in [-0.05, 0) is 61.7 Å². The van der Waals surface area contributed by atoms with Crippen molar-refractivity contribution in [2.45, 2.75) is 26.3 Å². The molecule has 0 amide bonds. The molecule has 0 aliphatic carbocycles. The van der Waals surface area contributed by atoms with Gasteiger partial charge in [-0.15, -0.1) is 0 Å². The number of halogens is 2. The van der Waals surface area contributed by atoms with Crippen molar-refractivity contribution in [3.63, 3.8) is 0 Å². The molecule has 0 aliphatic heterocycles. The summed E-state index contributed by atoms with van der Waals surface area (Å²) in [5.41, 5.74) is 7.25. The molecule has 1 unspecified atom stereocenters. The van der Waals surface area contributed by atoms with Gasteiger partial charge in [-0.25, -0.2) is 8.78 Å². The Kier molecular flexibility index (Phi) is 4.35. The maximum atomic E-state index is 13.7. The third kappa shape index (κ3) is 3.54. The minimum atomic E-state index is -0.452. The molecule has 0 heterocycles. The van der Waals surface area contributed by atoms with Crippen LogP contribution in [-0.4, -0.2) is 6.04 Å². The number of aryl methyl sites for hydroxylation is 1. The van der Waals surface area contributed by atoms with Crippen LogP contribution in [0.2, 0.25) is 0 Å². The van der Waals surface area contributed by atoms with E-state index in [1.165, 1.54) is 24.3 Å². The van der Waals surface area contributed by atoms with Crippen LogP contribution in [0.25, 0.3) is 0 Å². The van der Waals surface area contributed by atoms with Crippen molar-refractivity contribution in [3.05, 3.63) is 59.2 Å². The summed E-state index contributed by atoms with van der Waals surface area (Å²) in [5.74, 6) is -0.264. The molecule has 1 atom stereocenters. The maximum Gasteiger partial charge on any atom is 0.165 e. The second-order valence-electron chi connectivity index (χ2n) is 4.97. The van der Waals surface area contributed by atoms with E-state index in [1.54, 1.807) is 12.1 Å². The average Bonchev–Trinajstić information content (AvgIpc) is 2.36. The first-order valence-electron chi connectivity index (χ1n) is 6.43. The van der Waals surface area contributed by atoms with Crippen LogP contribution in [0.15, 0.2) is 36.4 Å². The number of ether oxygens (including phenoxy) is 1. The Balaban J connectivity index is 2.35. The molecule has 0 radical (unpaired) electrons. The zero-order valence-corrected chi connectivity index (χ0v) is 11.5. The van der Waals surface area contributed by atoms with Crippen molar-refractivity contribution >= 4 is 0 Å². The molecule has 0 fully saturated rings. The van der Waals surface area contributed by atoms with Crippen molar-refractivity contribution in [2.75, 3.05) is 0 Å². The second kappa shape index (κ2) is 6.01. The van der Waals surface area contributed by atoms with Crippen LogP contribution in [0.5, 0.6) is 11.5 Å². The Hall–Kier alpha value is -1.94. The van der Waals surface area contributed by atoms with Crippen LogP contribution < -0.4 is 10.5 Å². The zero-order chi connectivity index (χ0) is 14.7. The first kappa shape index (κ1) is 14.5. The van der Waals surface area contributed by atoms with Crippen molar-refractivity contribution < 1.29 is 13.5 Å². The molecule has 0 saturated carbocycles. The summed E-state index contributed by atoms with van der Waals surface area (Å²) < 4.78 is 32.6. The quantitative estimate of drug-likeness (QED) is 0.918. The molecular formula is C16H17F2NO. The van der Waals surface area contributed by atoms with Crippen molar-refractivity contribution in [2.24, 2.45) is 5.73 Å². The van der Waals surface area contributed by atoms with E-state index in [1.807, 2.05) is 13.8 Å². The first-order chi connectivity index (χ1) is 9.45. The van der Waals surface area contributed by atoms with Gasteiger partial charge in [0.15, 0.2) is 11.6 Å². The second-order valence-corrected chi connectivity index (χ2v) is 4.97. The van der Waals surface area contributed by atoms with E-state index in [0.29, 0.717) is 17.7 Å². The highest BCUT2D eigenvalue weighted by molar-refractivity contribution is 5.40. The first-order valence-corrected chi connectivity index (χ1v) is 6.43. The monoisotopic (exact) mass is 277 g/mol. The number of rotatable bonds is 4. The van der Waals surface area contributed by atoms with Gasteiger partial charge in [0.25, 0.3) is 0 Å². The van der Waals surface area contributed by atoms with Gasteiger partial charge in [0.2, 0.25) is 0 Å². The lowest BCUT2D eigenvalue weighted by molar-refractivity contribution is 0.434. The molecule has 0 aliphatic rings. The molecule has 0 spiro atoms. The lowest BCUT2D eigenvalue weighted by atomic mass is 10.1. The fourth-order valence-corrected chi connectivity index (χ4v) is 1.96. The van der Waals surface area contributed by atoms with Gasteiger partial charge in [-0.1, -0.05) is 6.07 Å². The standard InChI is InChI=1S/C16H17F2NO/c1-10-3-5-14(18)16(7-10)20-15-6-4-13(17)9-12(15)8-11(2)19/h3-7,9,11H,8,19H2,1-2H3. The van der Waals surface area contributed by atoms with Crippen LogP contribution in [-0.2, 0) is 6.42 Å². The molecule has 2 aromatic carbocycles. The minimum Gasteiger partial charge on any atom is -0.454 e. The van der Waals surface area contributed by atoms with Crippen molar-refractivity contribution in [1.82, 2.24) is 0 Å². The molecular weight excluding hydrogens is 260 g/mol. The van der Waals surface area contributed by atoms with Gasteiger partial charge in [0.1, 0.15) is 11.6 Å². The summed E-state index contributed by atoms with van der Waals surface area (Å²) in [5, 5.41) is 0. The summed E-state index contributed by atoms with van der Waals surface area (Å²) >= 11 is 0. The van der Waals surface area contributed by atoms with E-state index >= 15 is 0 Å². The minimum absolute atomic E-state index is 0.127. The fraction of sp³-hybridized carbons (Fsp3) is 0.250. The third-order valence-electron chi connectivity index (χ3n) is 2.87. The van der Waals surface area contributed by atoms with E-state index in [2.05, 4.69) is 0 Å². The molecule has 2 aromatic rings. The highest BCUT2D eigenvalue weighted by Gasteiger charge is 2.11. The molecule has 0 aromatic heterocycles. The SMILES string of the molecule is Cc1ccc(F)c(Oc2ccc(F)cc2CC(C)N)c1. The van der Waals surface area contributed by atoms with E-state index in [-0.39, 0.29) is 17.6 Å². The number of benzene rings is 2. The van der Waals surface area contributed by atoms with Gasteiger partial charge >= 0.3 is 0 Å². The molecule has 2 nitrogen and oxygen atoms in total. The Morgan fingerprint density at radius 1 is 1.10 bits per heavy atom.